The summed E-state index contributed by atoms with van der Waals surface area (Å²) in [4.78, 5) is 17.4. The summed E-state index contributed by atoms with van der Waals surface area (Å²) >= 11 is 0. The third-order valence-electron chi connectivity index (χ3n) is 6.97. The fourth-order valence-electron chi connectivity index (χ4n) is 4.90. The van der Waals surface area contributed by atoms with Crippen LogP contribution in [0.15, 0.2) is 11.0 Å². The predicted molar refractivity (Wildman–Crippen MR) is 135 cm³/mol. The summed E-state index contributed by atoms with van der Waals surface area (Å²) in [7, 11) is -3.57. The van der Waals surface area contributed by atoms with Gasteiger partial charge < -0.3 is 10.1 Å². The van der Waals surface area contributed by atoms with Crippen LogP contribution in [0.4, 0.5) is 0 Å². The molecule has 1 amide bonds. The second kappa shape index (κ2) is 11.5. The first kappa shape index (κ1) is 27.1. The maximum atomic E-state index is 13.4. The van der Waals surface area contributed by atoms with Gasteiger partial charge in [0, 0.05) is 52.4 Å². The highest BCUT2D eigenvalue weighted by atomic mass is 32.2. The average Bonchev–Trinajstić information content (AvgIpc) is 2.76. The van der Waals surface area contributed by atoms with Crippen LogP contribution in [0.1, 0.15) is 36.1 Å². The SMILES string of the molecule is Cc1cc(C)c(C)c(S(=O)(=O)N2CCN(CC(=O)NC[C@H]3CN(CC(C)C)CCO3)CC2)c1C. The molecule has 0 bridgehead atoms. The highest BCUT2D eigenvalue weighted by Gasteiger charge is 2.32. The van der Waals surface area contributed by atoms with Crippen LogP contribution >= 0.6 is 0 Å². The summed E-state index contributed by atoms with van der Waals surface area (Å²) < 4.78 is 34.3. The van der Waals surface area contributed by atoms with E-state index in [1.165, 1.54) is 0 Å². The molecule has 3 rings (SSSR count). The van der Waals surface area contributed by atoms with E-state index in [-0.39, 0.29) is 18.6 Å². The Hall–Kier alpha value is -1.52. The molecule has 2 saturated heterocycles. The molecule has 0 radical (unpaired) electrons. The lowest BCUT2D eigenvalue weighted by Crippen LogP contribution is -2.52. The van der Waals surface area contributed by atoms with Gasteiger partial charge >= 0.3 is 0 Å². The van der Waals surface area contributed by atoms with Crippen molar-refractivity contribution in [3.05, 3.63) is 28.3 Å². The van der Waals surface area contributed by atoms with Crippen molar-refractivity contribution in [2.45, 2.75) is 52.5 Å². The number of ether oxygens (including phenoxy) is 1. The van der Waals surface area contributed by atoms with E-state index >= 15 is 0 Å². The second-order valence-electron chi connectivity index (χ2n) is 10.2. The van der Waals surface area contributed by atoms with Crippen molar-refractivity contribution in [1.29, 1.82) is 0 Å². The zero-order valence-corrected chi connectivity index (χ0v) is 22.5. The molecule has 0 aromatic heterocycles. The fourth-order valence-corrected chi connectivity index (χ4v) is 6.90. The summed E-state index contributed by atoms with van der Waals surface area (Å²) in [6, 6.07) is 2.04. The average molecular weight is 495 g/mol. The van der Waals surface area contributed by atoms with Crippen LogP contribution in [-0.2, 0) is 19.6 Å². The number of benzene rings is 1. The van der Waals surface area contributed by atoms with E-state index in [1.807, 2.05) is 38.7 Å². The van der Waals surface area contributed by atoms with Crippen molar-refractivity contribution < 1.29 is 17.9 Å². The molecule has 1 atom stereocenters. The molecule has 9 heteroatoms. The van der Waals surface area contributed by atoms with Crippen molar-refractivity contribution in [1.82, 2.24) is 19.4 Å². The Kier molecular flexibility index (Phi) is 9.14. The van der Waals surface area contributed by atoms with Gasteiger partial charge in [0.15, 0.2) is 0 Å². The van der Waals surface area contributed by atoms with Gasteiger partial charge in [-0.05, 0) is 55.9 Å². The molecule has 8 nitrogen and oxygen atoms in total. The van der Waals surface area contributed by atoms with Gasteiger partial charge in [-0.2, -0.15) is 4.31 Å². The number of carbonyl (C=O) groups is 1. The van der Waals surface area contributed by atoms with Crippen LogP contribution in [0.25, 0.3) is 0 Å². The first-order valence-electron chi connectivity index (χ1n) is 12.4. The Labute approximate surface area is 205 Å². The number of carbonyl (C=O) groups excluding carboxylic acids is 1. The number of hydrogen-bond acceptors (Lipinski definition) is 6. The first-order valence-corrected chi connectivity index (χ1v) is 13.8. The number of rotatable bonds is 8. The summed E-state index contributed by atoms with van der Waals surface area (Å²) in [5, 5.41) is 3.00. The van der Waals surface area contributed by atoms with E-state index in [4.69, 9.17) is 4.74 Å². The number of nitrogens with zero attached hydrogens (tertiary/aromatic N) is 3. The minimum Gasteiger partial charge on any atom is -0.374 e. The summed E-state index contributed by atoms with van der Waals surface area (Å²) in [6.07, 6.45) is 0.0164. The molecule has 34 heavy (non-hydrogen) atoms. The van der Waals surface area contributed by atoms with E-state index in [2.05, 4.69) is 24.1 Å². The van der Waals surface area contributed by atoms with Crippen LogP contribution < -0.4 is 5.32 Å². The Bertz CT molecular complexity index is 945. The van der Waals surface area contributed by atoms with Gasteiger partial charge in [0.1, 0.15) is 0 Å². The summed E-state index contributed by atoms with van der Waals surface area (Å²) in [6.45, 7) is 18.3. The quantitative estimate of drug-likeness (QED) is 0.593. The maximum Gasteiger partial charge on any atom is 0.243 e. The molecule has 0 aliphatic carbocycles. The zero-order valence-electron chi connectivity index (χ0n) is 21.7. The smallest absolute Gasteiger partial charge is 0.243 e. The number of sulfonamides is 1. The molecule has 2 fully saturated rings. The topological polar surface area (TPSA) is 82.2 Å². The maximum absolute atomic E-state index is 13.4. The summed E-state index contributed by atoms with van der Waals surface area (Å²) in [5.41, 5.74) is 3.63. The zero-order chi connectivity index (χ0) is 25.0. The normalized spacial score (nSPS) is 21.2. The molecular formula is C25H42N4O4S. The monoisotopic (exact) mass is 494 g/mol. The third kappa shape index (κ3) is 6.57. The molecule has 1 aromatic rings. The lowest BCUT2D eigenvalue weighted by Gasteiger charge is -2.35. The molecular weight excluding hydrogens is 452 g/mol. The number of nitrogens with one attached hydrogen (secondary N) is 1. The fraction of sp³-hybridized carbons (Fsp3) is 0.720. The van der Waals surface area contributed by atoms with E-state index in [9.17, 15) is 13.2 Å². The molecule has 2 heterocycles. The van der Waals surface area contributed by atoms with Crippen LogP contribution in [0.2, 0.25) is 0 Å². The third-order valence-corrected chi connectivity index (χ3v) is 9.14. The molecule has 1 aromatic carbocycles. The van der Waals surface area contributed by atoms with Crippen molar-refractivity contribution in [2.75, 3.05) is 65.5 Å². The van der Waals surface area contributed by atoms with Gasteiger partial charge in [-0.25, -0.2) is 8.42 Å². The van der Waals surface area contributed by atoms with Crippen molar-refractivity contribution in [3.8, 4) is 0 Å². The lowest BCUT2D eigenvalue weighted by atomic mass is 10.0. The van der Waals surface area contributed by atoms with Crippen LogP contribution in [-0.4, -0.2) is 100 Å². The molecule has 1 N–H and O–H groups in total. The van der Waals surface area contributed by atoms with Crippen molar-refractivity contribution in [2.24, 2.45) is 5.92 Å². The standard InChI is InChI=1S/C25H42N4O4S/c1-18(2)15-28-11-12-33-23(16-28)14-26-24(30)17-27-7-9-29(10-8-27)34(31,32)25-21(5)19(3)13-20(4)22(25)6/h13,18,23H,7-12,14-17H2,1-6H3,(H,26,30)/t23-/m0/s1. The van der Waals surface area contributed by atoms with Gasteiger partial charge in [-0.1, -0.05) is 19.9 Å². The molecule has 2 aliphatic heterocycles. The Morgan fingerprint density at radius 3 is 2.24 bits per heavy atom. The molecule has 0 unspecified atom stereocenters. The van der Waals surface area contributed by atoms with E-state index < -0.39 is 10.0 Å². The lowest BCUT2D eigenvalue weighted by molar-refractivity contribution is -0.123. The Morgan fingerprint density at radius 1 is 1.03 bits per heavy atom. The number of hydrogen-bond donors (Lipinski definition) is 1. The number of aryl methyl sites for hydroxylation is 2. The van der Waals surface area contributed by atoms with E-state index in [1.54, 1.807) is 4.31 Å². The van der Waals surface area contributed by atoms with Gasteiger partial charge in [0.25, 0.3) is 0 Å². The van der Waals surface area contributed by atoms with Gasteiger partial charge in [0.2, 0.25) is 15.9 Å². The van der Waals surface area contributed by atoms with Crippen LogP contribution in [0.5, 0.6) is 0 Å². The number of piperazine rings is 1. The van der Waals surface area contributed by atoms with Gasteiger partial charge in [-0.3, -0.25) is 14.6 Å². The largest absolute Gasteiger partial charge is 0.374 e. The minimum absolute atomic E-state index is 0.0164. The number of morpholine rings is 1. The first-order chi connectivity index (χ1) is 16.0. The number of amides is 1. The Morgan fingerprint density at radius 2 is 1.65 bits per heavy atom. The van der Waals surface area contributed by atoms with E-state index in [0.29, 0.717) is 50.1 Å². The van der Waals surface area contributed by atoms with Crippen molar-refractivity contribution in [3.63, 3.8) is 0 Å². The minimum atomic E-state index is -3.57. The predicted octanol–water partition coefficient (Wildman–Crippen LogP) is 1.70. The highest BCUT2D eigenvalue weighted by molar-refractivity contribution is 7.89. The molecule has 2 aliphatic rings. The van der Waals surface area contributed by atoms with Crippen LogP contribution in [0, 0.1) is 33.6 Å². The second-order valence-corrected chi connectivity index (χ2v) is 12.1. The highest BCUT2D eigenvalue weighted by Crippen LogP contribution is 2.29. The molecule has 0 spiro atoms. The Balaban J connectivity index is 1.49. The van der Waals surface area contributed by atoms with Crippen LogP contribution in [0.3, 0.4) is 0 Å². The van der Waals surface area contributed by atoms with Gasteiger partial charge in [-0.15, -0.1) is 0 Å². The van der Waals surface area contributed by atoms with E-state index in [0.717, 1.165) is 41.9 Å². The van der Waals surface area contributed by atoms with Gasteiger partial charge in [0.05, 0.1) is 24.2 Å². The molecule has 192 valence electrons. The molecule has 0 saturated carbocycles. The van der Waals surface area contributed by atoms with Crippen molar-refractivity contribution >= 4 is 15.9 Å². The summed E-state index contributed by atoms with van der Waals surface area (Å²) in [5.74, 6) is 0.570.